The topological polar surface area (TPSA) is 53.3 Å². The van der Waals surface area contributed by atoms with Crippen molar-refractivity contribution in [1.82, 2.24) is 9.78 Å². The second-order valence-electron chi connectivity index (χ2n) is 4.75. The van der Waals surface area contributed by atoms with Crippen LogP contribution in [0.5, 0.6) is 11.5 Å². The van der Waals surface area contributed by atoms with E-state index in [1.54, 1.807) is 22.9 Å². The SMILES string of the molecule is COc1cccc(C(=O)c2c(Cl)cnn2C(C)C)c1OC. The number of carbonyl (C=O) groups excluding carboxylic acids is 1. The smallest absolute Gasteiger partial charge is 0.216 e. The molecule has 0 N–H and O–H groups in total. The molecule has 1 aromatic carbocycles. The molecule has 0 radical (unpaired) electrons. The minimum Gasteiger partial charge on any atom is -0.493 e. The van der Waals surface area contributed by atoms with Gasteiger partial charge in [0.1, 0.15) is 5.69 Å². The summed E-state index contributed by atoms with van der Waals surface area (Å²) >= 11 is 6.13. The molecule has 112 valence electrons. The molecule has 6 heteroatoms. The van der Waals surface area contributed by atoms with Gasteiger partial charge in [0, 0.05) is 6.04 Å². The highest BCUT2D eigenvalue weighted by Crippen LogP contribution is 2.33. The van der Waals surface area contributed by atoms with Crippen molar-refractivity contribution in [3.8, 4) is 11.5 Å². The number of para-hydroxylation sites is 1. The van der Waals surface area contributed by atoms with Crippen molar-refractivity contribution in [2.75, 3.05) is 14.2 Å². The van der Waals surface area contributed by atoms with Gasteiger partial charge in [-0.3, -0.25) is 9.48 Å². The summed E-state index contributed by atoms with van der Waals surface area (Å²) in [4.78, 5) is 12.8. The molecule has 0 fully saturated rings. The lowest BCUT2D eigenvalue weighted by Gasteiger charge is -2.14. The minimum atomic E-state index is -0.248. The number of rotatable bonds is 5. The van der Waals surface area contributed by atoms with Gasteiger partial charge >= 0.3 is 0 Å². The third-order valence-electron chi connectivity index (χ3n) is 3.10. The molecular weight excluding hydrogens is 292 g/mol. The Balaban J connectivity index is 2.58. The van der Waals surface area contributed by atoms with Crippen LogP contribution in [0.1, 0.15) is 35.9 Å². The van der Waals surface area contributed by atoms with Crippen LogP contribution in [-0.2, 0) is 0 Å². The van der Waals surface area contributed by atoms with E-state index in [0.29, 0.717) is 27.8 Å². The van der Waals surface area contributed by atoms with E-state index in [4.69, 9.17) is 21.1 Å². The van der Waals surface area contributed by atoms with Crippen LogP contribution in [0.3, 0.4) is 0 Å². The van der Waals surface area contributed by atoms with E-state index >= 15 is 0 Å². The third-order valence-corrected chi connectivity index (χ3v) is 3.38. The first-order chi connectivity index (χ1) is 10.0. The zero-order valence-corrected chi connectivity index (χ0v) is 13.1. The molecule has 0 aliphatic rings. The molecule has 5 nitrogen and oxygen atoms in total. The third kappa shape index (κ3) is 2.74. The van der Waals surface area contributed by atoms with Crippen LogP contribution in [-0.4, -0.2) is 29.8 Å². The molecule has 0 amide bonds. The Kier molecular flexibility index (Phi) is 4.53. The number of ether oxygens (including phenoxy) is 2. The Hall–Kier alpha value is -2.01. The lowest BCUT2D eigenvalue weighted by Crippen LogP contribution is -2.14. The molecule has 1 heterocycles. The molecule has 2 rings (SSSR count). The van der Waals surface area contributed by atoms with Gasteiger partial charge in [-0.1, -0.05) is 17.7 Å². The lowest BCUT2D eigenvalue weighted by atomic mass is 10.1. The normalized spacial score (nSPS) is 10.8. The van der Waals surface area contributed by atoms with Crippen molar-refractivity contribution in [3.63, 3.8) is 0 Å². The van der Waals surface area contributed by atoms with Crippen LogP contribution >= 0.6 is 11.6 Å². The molecule has 2 aromatic rings. The van der Waals surface area contributed by atoms with Gasteiger partial charge in [0.2, 0.25) is 5.78 Å². The van der Waals surface area contributed by atoms with Gasteiger partial charge in [0.15, 0.2) is 11.5 Å². The lowest BCUT2D eigenvalue weighted by molar-refractivity contribution is 0.102. The zero-order chi connectivity index (χ0) is 15.6. The molecule has 1 aromatic heterocycles. The Morgan fingerprint density at radius 3 is 2.57 bits per heavy atom. The number of ketones is 1. The maximum Gasteiger partial charge on any atom is 0.216 e. The predicted octanol–water partition coefficient (Wildman–Crippen LogP) is 3.37. The average molecular weight is 309 g/mol. The van der Waals surface area contributed by atoms with Crippen LogP contribution in [0.15, 0.2) is 24.4 Å². The molecule has 0 saturated carbocycles. The first-order valence-electron chi connectivity index (χ1n) is 6.50. The fourth-order valence-electron chi connectivity index (χ4n) is 2.14. The Morgan fingerprint density at radius 2 is 2.00 bits per heavy atom. The molecular formula is C15H17ClN2O3. The van der Waals surface area contributed by atoms with Crippen LogP contribution in [0.2, 0.25) is 5.02 Å². The number of carbonyl (C=O) groups is 1. The maximum atomic E-state index is 12.8. The van der Waals surface area contributed by atoms with Crippen LogP contribution in [0.4, 0.5) is 0 Å². The Labute approximate surface area is 128 Å². The summed E-state index contributed by atoms with van der Waals surface area (Å²) in [6.07, 6.45) is 1.47. The highest BCUT2D eigenvalue weighted by atomic mass is 35.5. The number of aromatic nitrogens is 2. The average Bonchev–Trinajstić information content (AvgIpc) is 2.87. The first-order valence-corrected chi connectivity index (χ1v) is 6.87. The Morgan fingerprint density at radius 1 is 1.29 bits per heavy atom. The summed E-state index contributed by atoms with van der Waals surface area (Å²) in [5.74, 6) is 0.634. The second kappa shape index (κ2) is 6.18. The maximum absolute atomic E-state index is 12.8. The van der Waals surface area contributed by atoms with Crippen molar-refractivity contribution < 1.29 is 14.3 Å². The summed E-state index contributed by atoms with van der Waals surface area (Å²) in [6, 6.07) is 5.17. The predicted molar refractivity (Wildman–Crippen MR) is 80.6 cm³/mol. The van der Waals surface area contributed by atoms with Crippen molar-refractivity contribution in [2.24, 2.45) is 0 Å². The fraction of sp³-hybridized carbons (Fsp3) is 0.333. The highest BCUT2D eigenvalue weighted by Gasteiger charge is 2.24. The van der Waals surface area contributed by atoms with E-state index in [1.807, 2.05) is 13.8 Å². The summed E-state index contributed by atoms with van der Waals surface area (Å²) < 4.78 is 12.1. The molecule has 0 aliphatic heterocycles. The van der Waals surface area contributed by atoms with E-state index < -0.39 is 0 Å². The summed E-state index contributed by atoms with van der Waals surface area (Å²) in [5.41, 5.74) is 0.736. The summed E-state index contributed by atoms with van der Waals surface area (Å²) in [6.45, 7) is 3.87. The molecule has 0 atom stereocenters. The second-order valence-corrected chi connectivity index (χ2v) is 5.16. The van der Waals surface area contributed by atoms with Gasteiger partial charge < -0.3 is 9.47 Å². The fourth-order valence-corrected chi connectivity index (χ4v) is 2.35. The van der Waals surface area contributed by atoms with Gasteiger partial charge in [-0.15, -0.1) is 0 Å². The number of halogens is 1. The number of methoxy groups -OCH3 is 2. The van der Waals surface area contributed by atoms with Crippen molar-refractivity contribution >= 4 is 17.4 Å². The molecule has 0 spiro atoms. The number of nitrogens with zero attached hydrogens (tertiary/aromatic N) is 2. The van der Waals surface area contributed by atoms with Crippen LogP contribution in [0, 0.1) is 0 Å². The molecule has 0 aliphatic carbocycles. The van der Waals surface area contributed by atoms with Crippen LogP contribution in [0.25, 0.3) is 0 Å². The summed E-state index contributed by atoms with van der Waals surface area (Å²) in [7, 11) is 3.02. The van der Waals surface area contributed by atoms with E-state index in [1.165, 1.54) is 20.4 Å². The van der Waals surface area contributed by atoms with Gasteiger partial charge in [-0.25, -0.2) is 0 Å². The van der Waals surface area contributed by atoms with Gasteiger partial charge in [0.05, 0.1) is 31.0 Å². The van der Waals surface area contributed by atoms with E-state index in [-0.39, 0.29) is 11.8 Å². The summed E-state index contributed by atoms with van der Waals surface area (Å²) in [5, 5.41) is 4.47. The van der Waals surface area contributed by atoms with E-state index in [0.717, 1.165) is 0 Å². The molecule has 21 heavy (non-hydrogen) atoms. The molecule has 0 saturated heterocycles. The van der Waals surface area contributed by atoms with Gasteiger partial charge in [0.25, 0.3) is 0 Å². The van der Waals surface area contributed by atoms with E-state index in [9.17, 15) is 4.79 Å². The van der Waals surface area contributed by atoms with Crippen molar-refractivity contribution in [3.05, 3.63) is 40.7 Å². The number of hydrogen-bond acceptors (Lipinski definition) is 4. The molecule has 0 unspecified atom stereocenters. The minimum absolute atomic E-state index is 0.0213. The van der Waals surface area contributed by atoms with Gasteiger partial charge in [-0.2, -0.15) is 5.10 Å². The standard InChI is InChI=1S/C15H17ClN2O3/c1-9(2)18-13(11(16)8-17-18)14(19)10-6-5-7-12(20-3)15(10)21-4/h5-9H,1-4H3. The van der Waals surface area contributed by atoms with Crippen molar-refractivity contribution in [2.45, 2.75) is 19.9 Å². The Bertz CT molecular complexity index is 665. The molecule has 0 bridgehead atoms. The van der Waals surface area contributed by atoms with Crippen molar-refractivity contribution in [1.29, 1.82) is 0 Å². The largest absolute Gasteiger partial charge is 0.493 e. The number of hydrogen-bond donors (Lipinski definition) is 0. The monoisotopic (exact) mass is 308 g/mol. The van der Waals surface area contributed by atoms with Crippen LogP contribution < -0.4 is 9.47 Å². The highest BCUT2D eigenvalue weighted by molar-refractivity contribution is 6.34. The quantitative estimate of drug-likeness (QED) is 0.795. The number of benzene rings is 1. The van der Waals surface area contributed by atoms with Gasteiger partial charge in [-0.05, 0) is 26.0 Å². The zero-order valence-electron chi connectivity index (χ0n) is 12.4. The van der Waals surface area contributed by atoms with E-state index in [2.05, 4.69) is 5.10 Å². The first kappa shape index (κ1) is 15.4.